The Bertz CT molecular complexity index is 1000. The van der Waals surface area contributed by atoms with Crippen LogP contribution < -0.4 is 16.0 Å². The molecule has 0 fully saturated rings. The van der Waals surface area contributed by atoms with Gasteiger partial charge in [0.15, 0.2) is 5.11 Å². The summed E-state index contributed by atoms with van der Waals surface area (Å²) < 4.78 is 0. The van der Waals surface area contributed by atoms with Gasteiger partial charge in [-0.05, 0) is 61.1 Å². The Morgan fingerprint density at radius 2 is 1.38 bits per heavy atom. The van der Waals surface area contributed by atoms with Crippen LogP contribution in [-0.2, 0) is 11.2 Å². The van der Waals surface area contributed by atoms with Crippen molar-refractivity contribution in [3.8, 4) is 0 Å². The van der Waals surface area contributed by atoms with Gasteiger partial charge in [0, 0.05) is 16.9 Å². The van der Waals surface area contributed by atoms with E-state index in [-0.39, 0.29) is 16.9 Å². The molecule has 0 aliphatic carbocycles. The Morgan fingerprint density at radius 1 is 0.793 bits per heavy atom. The maximum Gasteiger partial charge on any atom is 0.257 e. The first kappa shape index (κ1) is 20.2. The number of thiocarbonyl (C=S) groups is 1. The number of hydrogen-bond donors (Lipinski definition) is 3. The van der Waals surface area contributed by atoms with Crippen LogP contribution in [0, 0.1) is 6.92 Å². The second-order valence-electron chi connectivity index (χ2n) is 6.56. The quantitative estimate of drug-likeness (QED) is 0.556. The van der Waals surface area contributed by atoms with Crippen LogP contribution in [-0.4, -0.2) is 16.9 Å². The topological polar surface area (TPSA) is 70.2 Å². The molecule has 0 aliphatic heterocycles. The van der Waals surface area contributed by atoms with Gasteiger partial charge in [0.05, 0.1) is 6.42 Å². The SMILES string of the molecule is Cc1ccc(C(=O)NC(=S)Nc2ccc(NC(=O)Cc3ccccc3)cc2)cc1. The van der Waals surface area contributed by atoms with Crippen LogP contribution >= 0.6 is 12.2 Å². The third-order valence-corrected chi connectivity index (χ3v) is 4.38. The predicted molar refractivity (Wildman–Crippen MR) is 120 cm³/mol. The Hall–Kier alpha value is -3.51. The smallest absolute Gasteiger partial charge is 0.257 e. The molecule has 6 heteroatoms. The minimum atomic E-state index is -0.271. The van der Waals surface area contributed by atoms with Crippen molar-refractivity contribution in [1.29, 1.82) is 0 Å². The molecule has 3 aromatic rings. The molecule has 146 valence electrons. The molecule has 0 bridgehead atoms. The number of rotatable bonds is 5. The zero-order valence-corrected chi connectivity index (χ0v) is 16.8. The van der Waals surface area contributed by atoms with Gasteiger partial charge in [-0.2, -0.15) is 0 Å². The number of hydrogen-bond acceptors (Lipinski definition) is 3. The van der Waals surface area contributed by atoms with Crippen molar-refractivity contribution in [1.82, 2.24) is 5.32 Å². The van der Waals surface area contributed by atoms with Crippen molar-refractivity contribution in [3.05, 3.63) is 95.6 Å². The van der Waals surface area contributed by atoms with E-state index < -0.39 is 0 Å². The summed E-state index contributed by atoms with van der Waals surface area (Å²) >= 11 is 5.20. The van der Waals surface area contributed by atoms with Gasteiger partial charge in [0.25, 0.3) is 5.91 Å². The second-order valence-corrected chi connectivity index (χ2v) is 6.97. The fourth-order valence-electron chi connectivity index (χ4n) is 2.67. The van der Waals surface area contributed by atoms with Gasteiger partial charge in [-0.1, -0.05) is 48.0 Å². The summed E-state index contributed by atoms with van der Waals surface area (Å²) in [6.07, 6.45) is 0.315. The van der Waals surface area contributed by atoms with E-state index in [0.717, 1.165) is 11.1 Å². The first-order chi connectivity index (χ1) is 14.0. The molecule has 0 saturated carbocycles. The number of benzene rings is 3. The fourth-order valence-corrected chi connectivity index (χ4v) is 2.88. The molecule has 0 heterocycles. The van der Waals surface area contributed by atoms with E-state index in [1.807, 2.05) is 49.4 Å². The highest BCUT2D eigenvalue weighted by atomic mass is 32.1. The molecule has 0 aromatic heterocycles. The zero-order chi connectivity index (χ0) is 20.6. The Kier molecular flexibility index (Phi) is 6.71. The second kappa shape index (κ2) is 9.61. The Morgan fingerprint density at radius 3 is 2.00 bits per heavy atom. The zero-order valence-electron chi connectivity index (χ0n) is 15.9. The molecular formula is C23H21N3O2S. The molecule has 3 N–H and O–H groups in total. The number of anilines is 2. The minimum absolute atomic E-state index is 0.0854. The molecule has 29 heavy (non-hydrogen) atoms. The van der Waals surface area contributed by atoms with Crippen molar-refractivity contribution < 1.29 is 9.59 Å². The molecular weight excluding hydrogens is 382 g/mol. The first-order valence-electron chi connectivity index (χ1n) is 9.12. The van der Waals surface area contributed by atoms with Gasteiger partial charge in [-0.25, -0.2) is 0 Å². The third kappa shape index (κ3) is 6.26. The van der Waals surface area contributed by atoms with Crippen molar-refractivity contribution in [2.45, 2.75) is 13.3 Å². The molecule has 2 amide bonds. The van der Waals surface area contributed by atoms with Gasteiger partial charge in [-0.15, -0.1) is 0 Å². The third-order valence-electron chi connectivity index (χ3n) is 4.17. The number of nitrogens with one attached hydrogen (secondary N) is 3. The van der Waals surface area contributed by atoms with Crippen LogP contribution in [0.1, 0.15) is 21.5 Å². The van der Waals surface area contributed by atoms with Crippen molar-refractivity contribution in [3.63, 3.8) is 0 Å². The van der Waals surface area contributed by atoms with Crippen LogP contribution in [0.3, 0.4) is 0 Å². The fraction of sp³-hybridized carbons (Fsp3) is 0.0870. The summed E-state index contributed by atoms with van der Waals surface area (Å²) in [7, 11) is 0. The van der Waals surface area contributed by atoms with Crippen LogP contribution in [0.4, 0.5) is 11.4 Å². The van der Waals surface area contributed by atoms with E-state index in [2.05, 4.69) is 16.0 Å². The Balaban J connectivity index is 1.50. The van der Waals surface area contributed by atoms with E-state index in [9.17, 15) is 9.59 Å². The molecule has 0 radical (unpaired) electrons. The van der Waals surface area contributed by atoms with Crippen LogP contribution in [0.15, 0.2) is 78.9 Å². The average Bonchev–Trinajstić information content (AvgIpc) is 2.70. The highest BCUT2D eigenvalue weighted by molar-refractivity contribution is 7.80. The summed E-state index contributed by atoms with van der Waals surface area (Å²) in [5.41, 5.74) is 3.97. The molecule has 0 aliphatic rings. The lowest BCUT2D eigenvalue weighted by Gasteiger charge is -2.11. The maximum atomic E-state index is 12.2. The molecule has 3 rings (SSSR count). The van der Waals surface area contributed by atoms with E-state index in [1.165, 1.54) is 0 Å². The van der Waals surface area contributed by atoms with Crippen molar-refractivity contribution >= 4 is 40.5 Å². The maximum absolute atomic E-state index is 12.2. The van der Waals surface area contributed by atoms with Crippen LogP contribution in [0.25, 0.3) is 0 Å². The highest BCUT2D eigenvalue weighted by Crippen LogP contribution is 2.14. The summed E-state index contributed by atoms with van der Waals surface area (Å²) in [6, 6.07) is 23.9. The summed E-state index contributed by atoms with van der Waals surface area (Å²) in [5.74, 6) is -0.356. The molecule has 3 aromatic carbocycles. The monoisotopic (exact) mass is 403 g/mol. The van der Waals surface area contributed by atoms with Gasteiger partial charge in [-0.3, -0.25) is 14.9 Å². The largest absolute Gasteiger partial charge is 0.332 e. The van der Waals surface area contributed by atoms with Crippen LogP contribution in [0.2, 0.25) is 0 Å². The lowest BCUT2D eigenvalue weighted by atomic mass is 10.1. The molecule has 5 nitrogen and oxygen atoms in total. The highest BCUT2D eigenvalue weighted by Gasteiger charge is 2.08. The summed E-state index contributed by atoms with van der Waals surface area (Å²) in [6.45, 7) is 1.96. The van der Waals surface area contributed by atoms with E-state index >= 15 is 0 Å². The van der Waals surface area contributed by atoms with Gasteiger partial charge >= 0.3 is 0 Å². The minimum Gasteiger partial charge on any atom is -0.332 e. The van der Waals surface area contributed by atoms with Gasteiger partial charge < -0.3 is 10.6 Å². The van der Waals surface area contributed by atoms with E-state index in [1.54, 1.807) is 36.4 Å². The standard InChI is InChI=1S/C23H21N3O2S/c1-16-7-9-18(10-8-16)22(28)26-23(29)25-20-13-11-19(12-14-20)24-21(27)15-17-5-3-2-4-6-17/h2-14H,15H2,1H3,(H,24,27)(H2,25,26,28,29). The lowest BCUT2D eigenvalue weighted by Crippen LogP contribution is -2.34. The van der Waals surface area contributed by atoms with Crippen LogP contribution in [0.5, 0.6) is 0 Å². The first-order valence-corrected chi connectivity index (χ1v) is 9.53. The number of carbonyl (C=O) groups excluding carboxylic acids is 2. The van der Waals surface area contributed by atoms with Gasteiger partial charge in [0.2, 0.25) is 5.91 Å². The van der Waals surface area contributed by atoms with Gasteiger partial charge in [0.1, 0.15) is 0 Å². The van der Waals surface area contributed by atoms with E-state index in [4.69, 9.17) is 12.2 Å². The number of aryl methyl sites for hydroxylation is 1. The van der Waals surface area contributed by atoms with Crippen molar-refractivity contribution in [2.24, 2.45) is 0 Å². The molecule has 0 saturated heterocycles. The molecule has 0 spiro atoms. The number of carbonyl (C=O) groups is 2. The van der Waals surface area contributed by atoms with E-state index in [0.29, 0.717) is 23.4 Å². The predicted octanol–water partition coefficient (Wildman–Crippen LogP) is 4.30. The number of amides is 2. The summed E-state index contributed by atoms with van der Waals surface area (Å²) in [4.78, 5) is 24.3. The normalized spacial score (nSPS) is 10.1. The average molecular weight is 404 g/mol. The summed E-state index contributed by atoms with van der Waals surface area (Å²) in [5, 5.41) is 8.68. The lowest BCUT2D eigenvalue weighted by molar-refractivity contribution is -0.115. The molecule has 0 atom stereocenters. The molecule has 0 unspecified atom stereocenters. The van der Waals surface area contributed by atoms with Crippen molar-refractivity contribution in [2.75, 3.05) is 10.6 Å². The Labute approximate surface area is 175 Å².